The van der Waals surface area contributed by atoms with E-state index in [4.69, 9.17) is 5.11 Å². The van der Waals surface area contributed by atoms with Crippen LogP contribution in [0.4, 0.5) is 0 Å². The van der Waals surface area contributed by atoms with E-state index < -0.39 is 11.7 Å². The number of nitrogens with zero attached hydrogens (tertiary/aromatic N) is 3. The molecular weight excluding hydrogens is 382 g/mol. The molecule has 3 aliphatic carbocycles. The smallest absolute Gasteiger partial charge is 0.116 e. The highest BCUT2D eigenvalue weighted by Gasteiger charge is 2.63. The van der Waals surface area contributed by atoms with E-state index in [1.165, 1.54) is 15.8 Å². The number of rotatable bonds is 4. The Morgan fingerprint density at radius 2 is 2.07 bits per heavy atom. The molecule has 7 heteroatoms. The quantitative estimate of drug-likeness (QED) is 0.611. The number of phenols is 1. The van der Waals surface area contributed by atoms with Gasteiger partial charge in [-0.25, -0.2) is 4.68 Å². The molecule has 2 fully saturated rings. The number of benzene rings is 1. The van der Waals surface area contributed by atoms with Crippen LogP contribution in [0.2, 0.25) is 0 Å². The SMILES string of the molecule is C[C@]12CC[C@@H]3c4ccc(O)cc4CC[C@H]3[C@@H]1CC[C@@]2(O)c1cn(C[C@H](O)CO)nn1. The molecule has 5 rings (SSSR count). The minimum Gasteiger partial charge on any atom is -0.508 e. The van der Waals surface area contributed by atoms with Gasteiger partial charge in [-0.15, -0.1) is 5.10 Å². The van der Waals surface area contributed by atoms with Gasteiger partial charge in [-0.05, 0) is 79.5 Å². The van der Waals surface area contributed by atoms with Gasteiger partial charge in [0.2, 0.25) is 0 Å². The van der Waals surface area contributed by atoms with Gasteiger partial charge in [-0.1, -0.05) is 18.2 Å². The second-order valence-electron chi connectivity index (χ2n) is 9.82. The number of phenolic OH excluding ortho intramolecular Hbond substituents is 1. The van der Waals surface area contributed by atoms with Crippen molar-refractivity contribution >= 4 is 0 Å². The number of aromatic nitrogens is 3. The number of hydrogen-bond donors (Lipinski definition) is 4. The number of hydrogen-bond acceptors (Lipinski definition) is 6. The number of aliphatic hydroxyl groups is 3. The van der Waals surface area contributed by atoms with Gasteiger partial charge < -0.3 is 20.4 Å². The van der Waals surface area contributed by atoms with Crippen molar-refractivity contribution in [3.8, 4) is 5.75 Å². The predicted molar refractivity (Wildman–Crippen MR) is 110 cm³/mol. The number of aromatic hydroxyl groups is 1. The summed E-state index contributed by atoms with van der Waals surface area (Å²) in [4.78, 5) is 0. The fourth-order valence-electron chi connectivity index (χ4n) is 6.86. The van der Waals surface area contributed by atoms with Gasteiger partial charge in [0, 0.05) is 5.41 Å². The largest absolute Gasteiger partial charge is 0.508 e. The Morgan fingerprint density at radius 1 is 1.23 bits per heavy atom. The second-order valence-corrected chi connectivity index (χ2v) is 9.82. The zero-order valence-corrected chi connectivity index (χ0v) is 17.4. The summed E-state index contributed by atoms with van der Waals surface area (Å²) >= 11 is 0. The Labute approximate surface area is 176 Å². The van der Waals surface area contributed by atoms with E-state index in [0.29, 0.717) is 35.6 Å². The van der Waals surface area contributed by atoms with Crippen molar-refractivity contribution in [3.05, 3.63) is 41.2 Å². The average molecular weight is 414 g/mol. The molecule has 0 unspecified atom stereocenters. The molecular formula is C23H31N3O4. The molecule has 1 heterocycles. The Balaban J connectivity index is 1.43. The van der Waals surface area contributed by atoms with E-state index >= 15 is 0 Å². The first-order valence-electron chi connectivity index (χ1n) is 11.1. The Bertz CT molecular complexity index is 946. The molecule has 2 saturated carbocycles. The number of aryl methyl sites for hydroxylation is 1. The van der Waals surface area contributed by atoms with Crippen LogP contribution in [0, 0.1) is 17.3 Å². The van der Waals surface area contributed by atoms with Crippen LogP contribution in [0.15, 0.2) is 24.4 Å². The summed E-state index contributed by atoms with van der Waals surface area (Å²) in [7, 11) is 0. The third-order valence-corrected chi connectivity index (χ3v) is 8.43. The van der Waals surface area contributed by atoms with E-state index in [0.717, 1.165) is 32.1 Å². The molecule has 162 valence electrons. The lowest BCUT2D eigenvalue weighted by Crippen LogP contribution is -2.49. The van der Waals surface area contributed by atoms with Crippen molar-refractivity contribution in [2.45, 2.75) is 69.6 Å². The molecule has 2 aromatic rings. The predicted octanol–water partition coefficient (Wildman–Crippen LogP) is 2.08. The maximum Gasteiger partial charge on any atom is 0.116 e. The van der Waals surface area contributed by atoms with Crippen LogP contribution in [-0.2, 0) is 18.6 Å². The molecule has 1 aromatic heterocycles. The van der Waals surface area contributed by atoms with Crippen LogP contribution in [0.5, 0.6) is 5.75 Å². The first kappa shape index (κ1) is 20.0. The lowest BCUT2D eigenvalue weighted by Gasteiger charge is -2.52. The molecule has 0 amide bonds. The van der Waals surface area contributed by atoms with Crippen molar-refractivity contribution in [2.24, 2.45) is 17.3 Å². The molecule has 6 atom stereocenters. The third-order valence-electron chi connectivity index (χ3n) is 8.43. The molecule has 4 N–H and O–H groups in total. The highest BCUT2D eigenvalue weighted by molar-refractivity contribution is 5.40. The zero-order valence-electron chi connectivity index (χ0n) is 17.4. The minimum atomic E-state index is -1.03. The molecule has 3 aliphatic rings. The molecule has 0 radical (unpaired) electrons. The van der Waals surface area contributed by atoms with E-state index in [1.54, 1.807) is 12.3 Å². The van der Waals surface area contributed by atoms with Crippen LogP contribution in [-0.4, -0.2) is 48.1 Å². The van der Waals surface area contributed by atoms with Gasteiger partial charge in [0.25, 0.3) is 0 Å². The van der Waals surface area contributed by atoms with Crippen LogP contribution in [0.3, 0.4) is 0 Å². The van der Waals surface area contributed by atoms with Crippen LogP contribution >= 0.6 is 0 Å². The summed E-state index contributed by atoms with van der Waals surface area (Å²) in [6, 6.07) is 5.83. The van der Waals surface area contributed by atoms with Gasteiger partial charge in [-0.3, -0.25) is 0 Å². The summed E-state index contributed by atoms with van der Waals surface area (Å²) in [6.07, 6.45) is 6.49. The average Bonchev–Trinajstić information content (AvgIpc) is 3.31. The Kier molecular flexibility index (Phi) is 4.69. The summed E-state index contributed by atoms with van der Waals surface area (Å²) in [5.74, 6) is 1.78. The van der Waals surface area contributed by atoms with Crippen molar-refractivity contribution in [1.82, 2.24) is 15.0 Å². The Morgan fingerprint density at radius 3 is 2.87 bits per heavy atom. The van der Waals surface area contributed by atoms with Crippen LogP contribution < -0.4 is 0 Å². The third kappa shape index (κ3) is 2.82. The van der Waals surface area contributed by atoms with Gasteiger partial charge in [0.05, 0.1) is 25.5 Å². The van der Waals surface area contributed by atoms with Crippen molar-refractivity contribution in [3.63, 3.8) is 0 Å². The molecule has 0 bridgehead atoms. The second kappa shape index (κ2) is 7.04. The zero-order chi connectivity index (χ0) is 21.1. The highest BCUT2D eigenvalue weighted by Crippen LogP contribution is 2.66. The van der Waals surface area contributed by atoms with Crippen molar-refractivity contribution in [1.29, 1.82) is 0 Å². The standard InChI is InChI=1S/C23H31N3O4/c1-22-8-6-18-17-5-3-15(28)10-14(17)2-4-19(18)20(22)7-9-23(22,30)21-12-26(25-24-21)11-16(29)13-27/h3,5,10,12,16,18-20,27-30H,2,4,6-9,11,13H2,1H3/t16-,18+,19+,20-,22-,23+/m0/s1. The van der Waals surface area contributed by atoms with E-state index in [1.807, 2.05) is 6.07 Å². The summed E-state index contributed by atoms with van der Waals surface area (Å²) in [6.45, 7) is 2.05. The fourth-order valence-corrected chi connectivity index (χ4v) is 6.86. The molecule has 0 aliphatic heterocycles. The number of fused-ring (bicyclic) bond motifs is 5. The topological polar surface area (TPSA) is 112 Å². The van der Waals surface area contributed by atoms with Gasteiger partial charge in [-0.2, -0.15) is 0 Å². The normalized spacial score (nSPS) is 36.1. The summed E-state index contributed by atoms with van der Waals surface area (Å²) in [5.41, 5.74) is 1.94. The fraction of sp³-hybridized carbons (Fsp3) is 0.652. The minimum absolute atomic E-state index is 0.161. The first-order valence-corrected chi connectivity index (χ1v) is 11.1. The van der Waals surface area contributed by atoms with Crippen molar-refractivity contribution in [2.75, 3.05) is 6.61 Å². The Hall–Kier alpha value is -1.96. The number of aliphatic hydroxyl groups excluding tert-OH is 2. The summed E-state index contributed by atoms with van der Waals surface area (Å²) < 4.78 is 1.51. The lowest BCUT2D eigenvalue weighted by molar-refractivity contribution is -0.111. The summed E-state index contributed by atoms with van der Waals surface area (Å²) in [5, 5.41) is 48.9. The molecule has 30 heavy (non-hydrogen) atoms. The highest BCUT2D eigenvalue weighted by atomic mass is 16.3. The van der Waals surface area contributed by atoms with Gasteiger partial charge >= 0.3 is 0 Å². The first-order chi connectivity index (χ1) is 14.4. The van der Waals surface area contributed by atoms with Crippen LogP contribution in [0.1, 0.15) is 61.8 Å². The molecule has 0 spiro atoms. The van der Waals surface area contributed by atoms with Crippen molar-refractivity contribution < 1.29 is 20.4 Å². The van der Waals surface area contributed by atoms with E-state index in [-0.39, 0.29) is 18.6 Å². The van der Waals surface area contributed by atoms with E-state index in [9.17, 15) is 15.3 Å². The molecule has 0 saturated heterocycles. The van der Waals surface area contributed by atoms with E-state index in [2.05, 4.69) is 23.3 Å². The maximum absolute atomic E-state index is 11.9. The van der Waals surface area contributed by atoms with Gasteiger partial charge in [0.15, 0.2) is 0 Å². The maximum atomic E-state index is 11.9. The molecule has 1 aromatic carbocycles. The molecule has 7 nitrogen and oxygen atoms in total. The lowest BCUT2D eigenvalue weighted by atomic mass is 9.53. The monoisotopic (exact) mass is 413 g/mol. The van der Waals surface area contributed by atoms with Crippen LogP contribution in [0.25, 0.3) is 0 Å². The van der Waals surface area contributed by atoms with Gasteiger partial charge in [0.1, 0.15) is 17.0 Å².